The Labute approximate surface area is 141 Å². The molecule has 0 aliphatic carbocycles. The normalized spacial score (nSPS) is 23.2. The van der Waals surface area contributed by atoms with Crippen molar-refractivity contribution in [3.63, 3.8) is 0 Å². The SMILES string of the molecule is CC(C)(C#N)CC(=O)N1CC2CCC(C1)N2C(=O)Cc1ccn[nH]1. The zero-order valence-electron chi connectivity index (χ0n) is 14.2. The summed E-state index contributed by atoms with van der Waals surface area (Å²) in [6, 6.07) is 4.17. The number of aromatic amines is 1. The van der Waals surface area contributed by atoms with E-state index >= 15 is 0 Å². The summed E-state index contributed by atoms with van der Waals surface area (Å²) in [5.74, 6) is 0.107. The van der Waals surface area contributed by atoms with Crippen LogP contribution in [-0.2, 0) is 16.0 Å². The molecule has 2 atom stereocenters. The van der Waals surface area contributed by atoms with Crippen LogP contribution >= 0.6 is 0 Å². The number of nitrogens with zero attached hydrogens (tertiary/aromatic N) is 4. The Morgan fingerprint density at radius 3 is 2.54 bits per heavy atom. The van der Waals surface area contributed by atoms with Gasteiger partial charge in [0.25, 0.3) is 0 Å². The lowest BCUT2D eigenvalue weighted by Gasteiger charge is -2.41. The summed E-state index contributed by atoms with van der Waals surface area (Å²) in [5.41, 5.74) is 0.164. The van der Waals surface area contributed by atoms with Crippen molar-refractivity contribution in [1.82, 2.24) is 20.0 Å². The van der Waals surface area contributed by atoms with Gasteiger partial charge in [-0.15, -0.1) is 0 Å². The Bertz CT molecular complexity index is 647. The third-order valence-electron chi connectivity index (χ3n) is 4.92. The first-order chi connectivity index (χ1) is 11.4. The van der Waals surface area contributed by atoms with Gasteiger partial charge in [0.15, 0.2) is 0 Å². The molecule has 3 rings (SSSR count). The Balaban J connectivity index is 1.63. The highest BCUT2D eigenvalue weighted by atomic mass is 16.2. The van der Waals surface area contributed by atoms with Crippen LogP contribution in [-0.4, -0.2) is 57.0 Å². The third kappa shape index (κ3) is 3.28. The Morgan fingerprint density at radius 1 is 1.33 bits per heavy atom. The molecule has 7 nitrogen and oxygen atoms in total. The van der Waals surface area contributed by atoms with E-state index in [0.717, 1.165) is 18.5 Å². The van der Waals surface area contributed by atoms with Gasteiger partial charge in [0, 0.05) is 43.5 Å². The summed E-state index contributed by atoms with van der Waals surface area (Å²) in [6.07, 6.45) is 4.06. The maximum atomic E-state index is 12.6. The van der Waals surface area contributed by atoms with Crippen LogP contribution in [0.15, 0.2) is 12.3 Å². The van der Waals surface area contributed by atoms with Crippen molar-refractivity contribution in [2.45, 2.75) is 51.6 Å². The maximum absolute atomic E-state index is 12.6. The van der Waals surface area contributed by atoms with Crippen LogP contribution in [0.4, 0.5) is 0 Å². The lowest BCUT2D eigenvalue weighted by Crippen LogP contribution is -2.57. The number of carbonyl (C=O) groups excluding carboxylic acids is 2. The first-order valence-corrected chi connectivity index (χ1v) is 8.38. The average molecular weight is 329 g/mol. The van der Waals surface area contributed by atoms with Crippen molar-refractivity contribution >= 4 is 11.8 Å². The van der Waals surface area contributed by atoms with E-state index in [1.54, 1.807) is 20.0 Å². The molecule has 2 amide bonds. The summed E-state index contributed by atoms with van der Waals surface area (Å²) in [6.45, 7) is 4.71. The van der Waals surface area contributed by atoms with E-state index in [1.165, 1.54) is 0 Å². The highest BCUT2D eigenvalue weighted by Gasteiger charge is 2.44. The van der Waals surface area contributed by atoms with E-state index in [1.807, 2.05) is 15.9 Å². The molecule has 0 spiro atoms. The zero-order valence-corrected chi connectivity index (χ0v) is 14.2. The predicted molar refractivity (Wildman–Crippen MR) is 86.5 cm³/mol. The number of fused-ring (bicyclic) bond motifs is 2. The number of amides is 2. The average Bonchev–Trinajstić information content (AvgIpc) is 3.12. The largest absolute Gasteiger partial charge is 0.339 e. The third-order valence-corrected chi connectivity index (χ3v) is 4.92. The van der Waals surface area contributed by atoms with Gasteiger partial charge in [-0.2, -0.15) is 10.4 Å². The summed E-state index contributed by atoms with van der Waals surface area (Å²) in [5, 5.41) is 15.8. The van der Waals surface area contributed by atoms with Gasteiger partial charge in [0.2, 0.25) is 11.8 Å². The number of nitriles is 1. The van der Waals surface area contributed by atoms with Crippen LogP contribution in [0.1, 0.15) is 38.8 Å². The highest BCUT2D eigenvalue weighted by Crippen LogP contribution is 2.32. The monoisotopic (exact) mass is 329 g/mol. The van der Waals surface area contributed by atoms with Gasteiger partial charge in [-0.3, -0.25) is 14.7 Å². The number of carbonyl (C=O) groups is 2. The molecule has 2 unspecified atom stereocenters. The quantitative estimate of drug-likeness (QED) is 0.895. The Morgan fingerprint density at radius 2 is 2.00 bits per heavy atom. The van der Waals surface area contributed by atoms with Crippen molar-refractivity contribution in [3.8, 4) is 6.07 Å². The van der Waals surface area contributed by atoms with Crippen LogP contribution in [0.3, 0.4) is 0 Å². The second-order valence-corrected chi connectivity index (χ2v) is 7.42. The van der Waals surface area contributed by atoms with E-state index in [2.05, 4.69) is 16.3 Å². The molecule has 0 saturated carbocycles. The smallest absolute Gasteiger partial charge is 0.229 e. The number of hydrogen-bond donors (Lipinski definition) is 1. The molecule has 1 aromatic heterocycles. The molecule has 3 heterocycles. The topological polar surface area (TPSA) is 93.1 Å². The van der Waals surface area contributed by atoms with Crippen molar-refractivity contribution in [3.05, 3.63) is 18.0 Å². The molecule has 1 N–H and O–H groups in total. The van der Waals surface area contributed by atoms with Crippen LogP contribution in [0.25, 0.3) is 0 Å². The molecule has 2 bridgehead atoms. The fourth-order valence-electron chi connectivity index (χ4n) is 3.68. The molecule has 1 aromatic rings. The van der Waals surface area contributed by atoms with Gasteiger partial charge in [0.05, 0.1) is 17.9 Å². The van der Waals surface area contributed by atoms with Crippen LogP contribution in [0.2, 0.25) is 0 Å². The van der Waals surface area contributed by atoms with Crippen molar-refractivity contribution in [2.24, 2.45) is 5.41 Å². The number of rotatable bonds is 4. The minimum atomic E-state index is -0.649. The van der Waals surface area contributed by atoms with Gasteiger partial charge in [-0.25, -0.2) is 0 Å². The van der Waals surface area contributed by atoms with Crippen molar-refractivity contribution < 1.29 is 9.59 Å². The first-order valence-electron chi connectivity index (χ1n) is 8.38. The van der Waals surface area contributed by atoms with Crippen LogP contribution in [0, 0.1) is 16.7 Å². The molecule has 2 aliphatic rings. The maximum Gasteiger partial charge on any atom is 0.229 e. The van der Waals surface area contributed by atoms with E-state index in [9.17, 15) is 9.59 Å². The number of nitrogens with one attached hydrogen (secondary N) is 1. The Hall–Kier alpha value is -2.36. The van der Waals surface area contributed by atoms with E-state index in [0.29, 0.717) is 19.5 Å². The van der Waals surface area contributed by atoms with E-state index in [4.69, 9.17) is 5.26 Å². The highest BCUT2D eigenvalue weighted by molar-refractivity contribution is 5.81. The molecule has 2 fully saturated rings. The molecule has 0 radical (unpaired) electrons. The standard InChI is InChI=1S/C17H23N5O2/c1-17(2,11-18)8-16(24)21-9-13-3-4-14(10-21)22(13)15(23)7-12-5-6-19-20-12/h5-6,13-14H,3-4,7-10H2,1-2H3,(H,19,20). The van der Waals surface area contributed by atoms with Gasteiger partial charge in [0.1, 0.15) is 0 Å². The van der Waals surface area contributed by atoms with Gasteiger partial charge in [-0.1, -0.05) is 0 Å². The zero-order chi connectivity index (χ0) is 17.3. The molecule has 7 heteroatoms. The molecule has 128 valence electrons. The van der Waals surface area contributed by atoms with E-state index < -0.39 is 5.41 Å². The second-order valence-electron chi connectivity index (χ2n) is 7.42. The first kappa shape index (κ1) is 16.5. The number of aromatic nitrogens is 2. The number of hydrogen-bond acceptors (Lipinski definition) is 4. The van der Waals surface area contributed by atoms with Crippen molar-refractivity contribution in [1.29, 1.82) is 5.26 Å². The van der Waals surface area contributed by atoms with E-state index in [-0.39, 0.29) is 30.3 Å². The summed E-state index contributed by atoms with van der Waals surface area (Å²) >= 11 is 0. The van der Waals surface area contributed by atoms with Gasteiger partial charge in [-0.05, 0) is 32.8 Å². The van der Waals surface area contributed by atoms with Gasteiger partial charge < -0.3 is 9.80 Å². The molecule has 2 aliphatic heterocycles. The minimum absolute atomic E-state index is 0.0131. The lowest BCUT2D eigenvalue weighted by atomic mass is 9.90. The van der Waals surface area contributed by atoms with Crippen LogP contribution < -0.4 is 0 Å². The minimum Gasteiger partial charge on any atom is -0.339 e. The fraction of sp³-hybridized carbons (Fsp3) is 0.647. The number of likely N-dealkylation sites (tertiary alicyclic amines) is 1. The molecular formula is C17H23N5O2. The number of H-pyrrole nitrogens is 1. The molecule has 0 aromatic carbocycles. The summed E-state index contributed by atoms with van der Waals surface area (Å²) in [4.78, 5) is 28.9. The number of piperazine rings is 1. The van der Waals surface area contributed by atoms with Gasteiger partial charge >= 0.3 is 0 Å². The van der Waals surface area contributed by atoms with Crippen molar-refractivity contribution in [2.75, 3.05) is 13.1 Å². The lowest BCUT2D eigenvalue weighted by molar-refractivity contribution is -0.144. The molecule has 24 heavy (non-hydrogen) atoms. The second kappa shape index (κ2) is 6.27. The fourth-order valence-corrected chi connectivity index (χ4v) is 3.68. The summed E-state index contributed by atoms with van der Waals surface area (Å²) < 4.78 is 0. The van der Waals surface area contributed by atoms with Crippen LogP contribution in [0.5, 0.6) is 0 Å². The molecular weight excluding hydrogens is 306 g/mol. The molecule has 2 saturated heterocycles. The predicted octanol–water partition coefficient (Wildman–Crippen LogP) is 1.09. The summed E-state index contributed by atoms with van der Waals surface area (Å²) in [7, 11) is 0. The Kier molecular flexibility index (Phi) is 4.31.